The minimum Gasteiger partial charge on any atom is -0.449 e. The molecule has 0 fully saturated rings. The fourth-order valence-corrected chi connectivity index (χ4v) is 2.02. The van der Waals surface area contributed by atoms with Crippen LogP contribution in [0.4, 0.5) is 4.79 Å². The van der Waals surface area contributed by atoms with E-state index in [-0.39, 0.29) is 17.5 Å². The number of nitrogens with one attached hydrogen (secondary N) is 2. The first-order chi connectivity index (χ1) is 12.9. The van der Waals surface area contributed by atoms with Crippen LogP contribution in [0.2, 0.25) is 0 Å². The summed E-state index contributed by atoms with van der Waals surface area (Å²) in [6.07, 6.45) is 0.293. The van der Waals surface area contributed by atoms with E-state index in [2.05, 4.69) is 15.6 Å². The predicted molar refractivity (Wildman–Crippen MR) is 97.4 cm³/mol. The van der Waals surface area contributed by atoms with Crippen molar-refractivity contribution >= 4 is 17.9 Å². The number of carbonyl (C=O) groups is 3. The van der Waals surface area contributed by atoms with E-state index >= 15 is 0 Å². The van der Waals surface area contributed by atoms with Crippen molar-refractivity contribution in [1.82, 2.24) is 15.6 Å². The van der Waals surface area contributed by atoms with E-state index in [4.69, 9.17) is 9.47 Å². The maximum absolute atomic E-state index is 12.4. The molecule has 1 unspecified atom stereocenters. The lowest BCUT2D eigenvalue weighted by Crippen LogP contribution is -2.46. The molecule has 0 aliphatic carbocycles. The number of urea groups is 1. The Hall–Kier alpha value is -3.42. The molecule has 2 rings (SSSR count). The standard InChI is InChI=1S/C19H21N3O5/c1-12(2)21-19(25)22-16(23)13(3)26-18(24)15-10-7-11-20-17(15)27-14-8-5-4-6-9-14/h4-13H,1-3H3,(H2,21,22,23,25). The third-order valence-electron chi connectivity index (χ3n) is 3.26. The van der Waals surface area contributed by atoms with Gasteiger partial charge in [-0.25, -0.2) is 14.6 Å². The molecule has 1 heterocycles. The Morgan fingerprint density at radius 3 is 2.37 bits per heavy atom. The SMILES string of the molecule is CC(C)NC(=O)NC(=O)C(C)OC(=O)c1cccnc1Oc1ccccc1. The highest BCUT2D eigenvalue weighted by atomic mass is 16.6. The molecule has 27 heavy (non-hydrogen) atoms. The van der Waals surface area contributed by atoms with Crippen molar-refractivity contribution < 1.29 is 23.9 Å². The minimum atomic E-state index is -1.18. The van der Waals surface area contributed by atoms with Crippen molar-refractivity contribution in [3.8, 4) is 11.6 Å². The van der Waals surface area contributed by atoms with Crippen LogP contribution in [0.3, 0.4) is 0 Å². The van der Waals surface area contributed by atoms with Gasteiger partial charge in [-0.1, -0.05) is 18.2 Å². The summed E-state index contributed by atoms with van der Waals surface area (Å²) in [6.45, 7) is 4.87. The zero-order valence-corrected chi connectivity index (χ0v) is 15.3. The molecule has 2 N–H and O–H groups in total. The molecule has 0 spiro atoms. The van der Waals surface area contributed by atoms with Crippen molar-refractivity contribution in [3.63, 3.8) is 0 Å². The van der Waals surface area contributed by atoms with Crippen LogP contribution < -0.4 is 15.4 Å². The Labute approximate surface area is 156 Å². The number of carbonyl (C=O) groups excluding carboxylic acids is 3. The number of rotatable bonds is 6. The number of aromatic nitrogens is 1. The van der Waals surface area contributed by atoms with E-state index in [1.54, 1.807) is 44.2 Å². The molecule has 0 aliphatic heterocycles. The number of ether oxygens (including phenoxy) is 2. The smallest absolute Gasteiger partial charge is 0.344 e. The molecule has 0 radical (unpaired) electrons. The number of benzene rings is 1. The van der Waals surface area contributed by atoms with Gasteiger partial charge < -0.3 is 14.8 Å². The normalized spacial score (nSPS) is 11.4. The van der Waals surface area contributed by atoms with Crippen LogP contribution in [0.25, 0.3) is 0 Å². The van der Waals surface area contributed by atoms with Gasteiger partial charge in [-0.2, -0.15) is 0 Å². The molecule has 0 saturated heterocycles. The van der Waals surface area contributed by atoms with E-state index in [1.165, 1.54) is 19.2 Å². The van der Waals surface area contributed by atoms with Gasteiger partial charge in [0, 0.05) is 12.2 Å². The molecule has 1 aromatic heterocycles. The zero-order chi connectivity index (χ0) is 19.8. The molecule has 142 valence electrons. The summed E-state index contributed by atoms with van der Waals surface area (Å²) < 4.78 is 10.7. The minimum absolute atomic E-state index is 0.0545. The molecule has 0 bridgehead atoms. The molecular formula is C19H21N3O5. The van der Waals surface area contributed by atoms with Gasteiger partial charge in [-0.15, -0.1) is 0 Å². The van der Waals surface area contributed by atoms with Crippen LogP contribution in [0, 0.1) is 0 Å². The summed E-state index contributed by atoms with van der Waals surface area (Å²) in [7, 11) is 0. The second kappa shape index (κ2) is 9.33. The molecule has 1 atom stereocenters. The molecule has 3 amide bonds. The van der Waals surface area contributed by atoms with Gasteiger partial charge in [0.2, 0.25) is 5.88 Å². The number of hydrogen-bond donors (Lipinski definition) is 2. The highest BCUT2D eigenvalue weighted by Gasteiger charge is 2.23. The number of pyridine rings is 1. The van der Waals surface area contributed by atoms with Gasteiger partial charge in [0.05, 0.1) is 0 Å². The van der Waals surface area contributed by atoms with E-state index in [0.29, 0.717) is 5.75 Å². The number of amides is 3. The quantitative estimate of drug-likeness (QED) is 0.756. The number of imide groups is 1. The highest BCUT2D eigenvalue weighted by Crippen LogP contribution is 2.23. The highest BCUT2D eigenvalue weighted by molar-refractivity contribution is 5.99. The van der Waals surface area contributed by atoms with Gasteiger partial charge in [0.15, 0.2) is 6.10 Å². The molecule has 8 nitrogen and oxygen atoms in total. The summed E-state index contributed by atoms with van der Waals surface area (Å²) in [6, 6.07) is 11.1. The molecular weight excluding hydrogens is 350 g/mol. The van der Waals surface area contributed by atoms with Gasteiger partial charge in [0.25, 0.3) is 5.91 Å². The number of nitrogens with zero attached hydrogens (tertiary/aromatic N) is 1. The summed E-state index contributed by atoms with van der Waals surface area (Å²) in [4.78, 5) is 40.0. The summed E-state index contributed by atoms with van der Waals surface area (Å²) >= 11 is 0. The van der Waals surface area contributed by atoms with Gasteiger partial charge >= 0.3 is 12.0 Å². The van der Waals surface area contributed by atoms with E-state index < -0.39 is 24.0 Å². The molecule has 8 heteroatoms. The first-order valence-electron chi connectivity index (χ1n) is 8.37. The van der Waals surface area contributed by atoms with Crippen molar-refractivity contribution in [2.45, 2.75) is 32.9 Å². The second-order valence-electron chi connectivity index (χ2n) is 5.94. The summed E-state index contributed by atoms with van der Waals surface area (Å²) in [5.74, 6) is -0.975. The van der Waals surface area contributed by atoms with Crippen molar-refractivity contribution in [3.05, 3.63) is 54.2 Å². The fourth-order valence-electron chi connectivity index (χ4n) is 2.02. The van der Waals surface area contributed by atoms with Crippen LogP contribution in [0.5, 0.6) is 11.6 Å². The average Bonchev–Trinajstić information content (AvgIpc) is 2.62. The Kier molecular flexibility index (Phi) is 6.87. The molecule has 0 aliphatic rings. The van der Waals surface area contributed by atoms with Crippen LogP contribution in [-0.4, -0.2) is 35.0 Å². The third kappa shape index (κ3) is 6.10. The topological polar surface area (TPSA) is 107 Å². The monoisotopic (exact) mass is 371 g/mol. The number of esters is 1. The maximum atomic E-state index is 12.4. The van der Waals surface area contributed by atoms with Crippen LogP contribution >= 0.6 is 0 Å². The maximum Gasteiger partial charge on any atom is 0.344 e. The van der Waals surface area contributed by atoms with E-state index in [9.17, 15) is 14.4 Å². The Bertz CT molecular complexity index is 808. The first kappa shape index (κ1) is 19.9. The van der Waals surface area contributed by atoms with E-state index in [0.717, 1.165) is 0 Å². The number of para-hydroxylation sites is 1. The molecule has 2 aromatic rings. The van der Waals surface area contributed by atoms with Crippen LogP contribution in [0.1, 0.15) is 31.1 Å². The lowest BCUT2D eigenvalue weighted by Gasteiger charge is -2.15. The molecule has 1 aromatic carbocycles. The lowest BCUT2D eigenvalue weighted by molar-refractivity contribution is -0.127. The van der Waals surface area contributed by atoms with Crippen molar-refractivity contribution in [1.29, 1.82) is 0 Å². The van der Waals surface area contributed by atoms with Crippen molar-refractivity contribution in [2.24, 2.45) is 0 Å². The second-order valence-corrected chi connectivity index (χ2v) is 5.94. The van der Waals surface area contributed by atoms with Gasteiger partial charge in [-0.3, -0.25) is 10.1 Å². The lowest BCUT2D eigenvalue weighted by atomic mass is 10.2. The Morgan fingerprint density at radius 2 is 1.70 bits per heavy atom. The van der Waals surface area contributed by atoms with Gasteiger partial charge in [0.1, 0.15) is 11.3 Å². The fraction of sp³-hybridized carbons (Fsp3) is 0.263. The van der Waals surface area contributed by atoms with Crippen LogP contribution in [-0.2, 0) is 9.53 Å². The predicted octanol–water partition coefficient (Wildman–Crippen LogP) is 2.65. The number of hydrogen-bond acceptors (Lipinski definition) is 6. The first-order valence-corrected chi connectivity index (χ1v) is 8.37. The Morgan fingerprint density at radius 1 is 1.00 bits per heavy atom. The summed E-state index contributed by atoms with van der Waals surface area (Å²) in [5, 5.41) is 4.62. The third-order valence-corrected chi connectivity index (χ3v) is 3.26. The Balaban J connectivity index is 2.03. The van der Waals surface area contributed by atoms with Crippen LogP contribution in [0.15, 0.2) is 48.7 Å². The van der Waals surface area contributed by atoms with Gasteiger partial charge in [-0.05, 0) is 45.0 Å². The zero-order valence-electron chi connectivity index (χ0n) is 15.3. The average molecular weight is 371 g/mol. The van der Waals surface area contributed by atoms with Crippen molar-refractivity contribution in [2.75, 3.05) is 0 Å². The largest absolute Gasteiger partial charge is 0.449 e. The summed E-state index contributed by atoms with van der Waals surface area (Å²) in [5.41, 5.74) is 0.0626. The molecule has 0 saturated carbocycles. The van der Waals surface area contributed by atoms with E-state index in [1.807, 2.05) is 6.07 Å².